The standard InChI is InChI=1S/C8H10F5NO/c1-14(4-5-2-3-5)6(15)7(9,10)8(11,12)13/h5H,2-4H2,1H3. The van der Waals surface area contributed by atoms with E-state index in [0.29, 0.717) is 4.90 Å². The van der Waals surface area contributed by atoms with Gasteiger partial charge in [-0.1, -0.05) is 0 Å². The summed E-state index contributed by atoms with van der Waals surface area (Å²) in [6, 6.07) is 0. The van der Waals surface area contributed by atoms with Gasteiger partial charge in [-0.25, -0.2) is 0 Å². The minimum absolute atomic E-state index is 0.0372. The Morgan fingerprint density at radius 2 is 1.73 bits per heavy atom. The van der Waals surface area contributed by atoms with Crippen molar-refractivity contribution in [3.63, 3.8) is 0 Å². The van der Waals surface area contributed by atoms with E-state index >= 15 is 0 Å². The molecule has 1 rings (SSSR count). The van der Waals surface area contributed by atoms with Crippen LogP contribution in [-0.4, -0.2) is 36.5 Å². The summed E-state index contributed by atoms with van der Waals surface area (Å²) in [6.07, 6.45) is -4.27. The van der Waals surface area contributed by atoms with E-state index < -0.39 is 18.0 Å². The molecule has 0 heterocycles. The SMILES string of the molecule is CN(CC1CC1)C(=O)C(F)(F)C(F)(F)F. The normalized spacial score (nSPS) is 17.7. The average molecular weight is 231 g/mol. The molecule has 0 N–H and O–H groups in total. The van der Waals surface area contributed by atoms with Crippen molar-refractivity contribution in [2.45, 2.75) is 24.9 Å². The first-order valence-electron chi connectivity index (χ1n) is 4.36. The van der Waals surface area contributed by atoms with Crippen LogP contribution in [0.15, 0.2) is 0 Å². The predicted octanol–water partition coefficient (Wildman–Crippen LogP) is 2.05. The van der Waals surface area contributed by atoms with Gasteiger partial charge in [0.2, 0.25) is 0 Å². The molecule has 15 heavy (non-hydrogen) atoms. The fraction of sp³-hybridized carbons (Fsp3) is 0.875. The summed E-state index contributed by atoms with van der Waals surface area (Å²) in [4.78, 5) is 11.3. The lowest BCUT2D eigenvalue weighted by Gasteiger charge is -2.24. The molecule has 1 aliphatic carbocycles. The molecule has 7 heteroatoms. The number of hydrogen-bond donors (Lipinski definition) is 0. The molecule has 0 aromatic carbocycles. The summed E-state index contributed by atoms with van der Waals surface area (Å²) in [5.41, 5.74) is 0. The van der Waals surface area contributed by atoms with Crippen LogP contribution < -0.4 is 0 Å². The van der Waals surface area contributed by atoms with E-state index in [2.05, 4.69) is 0 Å². The summed E-state index contributed by atoms with van der Waals surface area (Å²) in [7, 11) is 0.959. The Bertz CT molecular complexity index is 258. The zero-order chi connectivity index (χ0) is 11.9. The van der Waals surface area contributed by atoms with E-state index in [9.17, 15) is 26.7 Å². The summed E-state index contributed by atoms with van der Waals surface area (Å²) < 4.78 is 60.5. The summed E-state index contributed by atoms with van der Waals surface area (Å²) in [6.45, 7) is -0.0372. The van der Waals surface area contributed by atoms with Crippen LogP contribution in [-0.2, 0) is 4.79 Å². The van der Waals surface area contributed by atoms with Gasteiger partial charge in [-0.3, -0.25) is 4.79 Å². The van der Waals surface area contributed by atoms with Crippen LogP contribution in [0.1, 0.15) is 12.8 Å². The molecule has 2 nitrogen and oxygen atoms in total. The maximum Gasteiger partial charge on any atom is 0.463 e. The van der Waals surface area contributed by atoms with Crippen LogP contribution in [0.5, 0.6) is 0 Å². The number of amides is 1. The maximum absolute atomic E-state index is 12.5. The van der Waals surface area contributed by atoms with Crippen molar-refractivity contribution < 1.29 is 26.7 Å². The van der Waals surface area contributed by atoms with Crippen molar-refractivity contribution in [2.24, 2.45) is 5.92 Å². The second-order valence-electron chi connectivity index (χ2n) is 3.70. The number of carbonyl (C=O) groups is 1. The zero-order valence-corrected chi connectivity index (χ0v) is 7.94. The van der Waals surface area contributed by atoms with Gasteiger partial charge in [0.15, 0.2) is 0 Å². The molecule has 0 aromatic rings. The lowest BCUT2D eigenvalue weighted by Crippen LogP contribution is -2.51. The molecule has 0 saturated heterocycles. The average Bonchev–Trinajstić information content (AvgIpc) is 2.84. The quantitative estimate of drug-likeness (QED) is 0.681. The minimum Gasteiger partial charge on any atom is -0.340 e. The minimum atomic E-state index is -5.82. The Hall–Kier alpha value is -0.880. The van der Waals surface area contributed by atoms with Crippen molar-refractivity contribution in [3.05, 3.63) is 0 Å². The number of halogens is 5. The number of nitrogens with zero attached hydrogens (tertiary/aromatic N) is 1. The first kappa shape index (κ1) is 12.2. The Balaban J connectivity index is 2.64. The Kier molecular flexibility index (Phi) is 2.93. The topological polar surface area (TPSA) is 20.3 Å². The van der Waals surface area contributed by atoms with E-state index in [-0.39, 0.29) is 12.5 Å². The summed E-state index contributed by atoms with van der Waals surface area (Å²) in [5, 5.41) is 0. The molecular formula is C8H10F5NO. The largest absolute Gasteiger partial charge is 0.463 e. The molecule has 88 valence electrons. The van der Waals surface area contributed by atoms with Gasteiger partial charge < -0.3 is 4.90 Å². The fourth-order valence-electron chi connectivity index (χ4n) is 1.13. The first-order valence-corrected chi connectivity index (χ1v) is 4.36. The number of hydrogen-bond acceptors (Lipinski definition) is 1. The molecule has 0 aliphatic heterocycles. The van der Waals surface area contributed by atoms with Crippen molar-refractivity contribution in [2.75, 3.05) is 13.6 Å². The lowest BCUT2D eigenvalue weighted by atomic mass is 10.2. The maximum atomic E-state index is 12.5. The molecule has 0 bridgehead atoms. The molecule has 0 unspecified atom stereocenters. The van der Waals surface area contributed by atoms with E-state index in [1.54, 1.807) is 0 Å². The molecule has 0 spiro atoms. The van der Waals surface area contributed by atoms with Gasteiger partial charge in [0.1, 0.15) is 0 Å². The van der Waals surface area contributed by atoms with Crippen molar-refractivity contribution in [1.82, 2.24) is 4.90 Å². The van der Waals surface area contributed by atoms with Gasteiger partial charge in [-0.2, -0.15) is 22.0 Å². The van der Waals surface area contributed by atoms with Gasteiger partial charge in [0.25, 0.3) is 0 Å². The Morgan fingerprint density at radius 1 is 1.27 bits per heavy atom. The molecular weight excluding hydrogens is 221 g/mol. The smallest absolute Gasteiger partial charge is 0.340 e. The van der Waals surface area contributed by atoms with E-state index in [4.69, 9.17) is 0 Å². The van der Waals surface area contributed by atoms with Crippen molar-refractivity contribution in [1.29, 1.82) is 0 Å². The van der Waals surface area contributed by atoms with Crippen molar-refractivity contribution >= 4 is 5.91 Å². The highest BCUT2D eigenvalue weighted by Crippen LogP contribution is 2.37. The molecule has 0 radical (unpaired) electrons. The van der Waals surface area contributed by atoms with E-state index in [1.165, 1.54) is 0 Å². The summed E-state index contributed by atoms with van der Waals surface area (Å²) >= 11 is 0. The first-order chi connectivity index (χ1) is 6.66. The third-order valence-electron chi connectivity index (χ3n) is 2.20. The predicted molar refractivity (Wildman–Crippen MR) is 41.4 cm³/mol. The van der Waals surface area contributed by atoms with Crippen LogP contribution in [0.2, 0.25) is 0 Å². The Labute approximate surface area is 83.0 Å². The molecule has 1 fully saturated rings. The lowest BCUT2D eigenvalue weighted by molar-refractivity contribution is -0.274. The third-order valence-corrected chi connectivity index (χ3v) is 2.20. The monoisotopic (exact) mass is 231 g/mol. The van der Waals surface area contributed by atoms with Gasteiger partial charge in [0.05, 0.1) is 0 Å². The van der Waals surface area contributed by atoms with E-state index in [0.717, 1.165) is 19.9 Å². The second kappa shape index (κ2) is 3.61. The highest BCUT2D eigenvalue weighted by atomic mass is 19.4. The van der Waals surface area contributed by atoms with Crippen molar-refractivity contribution in [3.8, 4) is 0 Å². The van der Waals surface area contributed by atoms with Gasteiger partial charge in [-0.15, -0.1) is 0 Å². The van der Waals surface area contributed by atoms with Gasteiger partial charge in [-0.05, 0) is 18.8 Å². The van der Waals surface area contributed by atoms with Crippen LogP contribution in [0, 0.1) is 5.92 Å². The number of alkyl halides is 5. The molecule has 1 aliphatic rings. The van der Waals surface area contributed by atoms with E-state index in [1.807, 2.05) is 0 Å². The summed E-state index contributed by atoms with van der Waals surface area (Å²) in [5.74, 6) is -7.39. The number of carbonyl (C=O) groups excluding carboxylic acids is 1. The van der Waals surface area contributed by atoms with Crippen LogP contribution in [0.4, 0.5) is 22.0 Å². The fourth-order valence-corrected chi connectivity index (χ4v) is 1.13. The Morgan fingerprint density at radius 3 is 2.07 bits per heavy atom. The number of rotatable bonds is 3. The zero-order valence-electron chi connectivity index (χ0n) is 7.94. The molecule has 0 atom stereocenters. The van der Waals surface area contributed by atoms with Gasteiger partial charge in [0, 0.05) is 13.6 Å². The molecule has 0 aromatic heterocycles. The van der Waals surface area contributed by atoms with Crippen LogP contribution >= 0.6 is 0 Å². The molecule has 1 saturated carbocycles. The van der Waals surface area contributed by atoms with Crippen LogP contribution in [0.3, 0.4) is 0 Å². The highest BCUT2D eigenvalue weighted by molar-refractivity contribution is 5.84. The van der Waals surface area contributed by atoms with Gasteiger partial charge >= 0.3 is 18.0 Å². The molecule has 1 amide bonds. The van der Waals surface area contributed by atoms with Crippen LogP contribution in [0.25, 0.3) is 0 Å². The highest BCUT2D eigenvalue weighted by Gasteiger charge is 2.64. The second-order valence-corrected chi connectivity index (χ2v) is 3.70. The third kappa shape index (κ3) is 2.57.